The number of carboxylic acid groups (broad SMARTS) is 1. The van der Waals surface area contributed by atoms with E-state index in [9.17, 15) is 19.5 Å². The topological polar surface area (TPSA) is 89.9 Å². The van der Waals surface area contributed by atoms with Crippen molar-refractivity contribution in [2.75, 3.05) is 0 Å². The van der Waals surface area contributed by atoms with E-state index in [4.69, 9.17) is 9.47 Å². The maximum absolute atomic E-state index is 13.2. The minimum atomic E-state index is -1.05. The number of aliphatic carboxylic acids is 1. The van der Waals surface area contributed by atoms with Gasteiger partial charge in [0.1, 0.15) is 11.2 Å². The maximum atomic E-state index is 13.2. The minimum Gasteiger partial charge on any atom is -0.481 e. The number of ether oxygens (including phenoxy) is 2. The predicted molar refractivity (Wildman–Crippen MR) is 97.8 cm³/mol. The summed E-state index contributed by atoms with van der Waals surface area (Å²) < 4.78 is 11.4. The average Bonchev–Trinajstić information content (AvgIpc) is 2.42. The number of hydrogen-bond donors (Lipinski definition) is 1. The van der Waals surface area contributed by atoms with Crippen LogP contribution in [0.2, 0.25) is 0 Å². The lowest BCUT2D eigenvalue weighted by molar-refractivity contribution is -0.221. The van der Waals surface area contributed by atoms with Crippen LogP contribution in [-0.4, -0.2) is 34.2 Å². The highest BCUT2D eigenvalue weighted by molar-refractivity contribution is 5.87. The first kappa shape index (κ1) is 20.2. The highest BCUT2D eigenvalue weighted by atomic mass is 16.6. The number of hydrogen-bond acceptors (Lipinski definition) is 5. The second kappa shape index (κ2) is 5.71. The first-order valence-electron chi connectivity index (χ1n) is 9.81. The Hall–Kier alpha value is -1.59. The second-order valence-electron chi connectivity index (χ2n) is 11.2. The molecule has 4 rings (SSSR count). The van der Waals surface area contributed by atoms with Gasteiger partial charge in [-0.15, -0.1) is 0 Å². The molecule has 0 radical (unpaired) electrons. The molecule has 2 unspecified atom stereocenters. The molecule has 0 aliphatic heterocycles. The normalized spacial score (nSPS) is 37.8. The number of esters is 2. The molecule has 1 N–H and O–H groups in total. The predicted octanol–water partition coefficient (Wildman–Crippen LogP) is 3.71. The first-order chi connectivity index (χ1) is 12.1. The van der Waals surface area contributed by atoms with Gasteiger partial charge in [-0.1, -0.05) is 0 Å². The van der Waals surface area contributed by atoms with Crippen LogP contribution in [-0.2, 0) is 23.9 Å². The number of carboxylic acids is 1. The number of carbonyl (C=O) groups is 3. The van der Waals surface area contributed by atoms with E-state index >= 15 is 0 Å². The van der Waals surface area contributed by atoms with Crippen LogP contribution in [0.4, 0.5) is 0 Å². The summed E-state index contributed by atoms with van der Waals surface area (Å²) in [5, 5.41) is 10.0. The van der Waals surface area contributed by atoms with Gasteiger partial charge in [0.25, 0.3) is 0 Å². The van der Waals surface area contributed by atoms with Crippen LogP contribution in [0.5, 0.6) is 0 Å². The molecule has 27 heavy (non-hydrogen) atoms. The summed E-state index contributed by atoms with van der Waals surface area (Å²) >= 11 is 0. The quantitative estimate of drug-likeness (QED) is 0.751. The average molecular weight is 380 g/mol. The zero-order valence-corrected chi connectivity index (χ0v) is 17.3. The van der Waals surface area contributed by atoms with Crippen LogP contribution >= 0.6 is 0 Å². The third-order valence-corrected chi connectivity index (χ3v) is 6.19. The largest absolute Gasteiger partial charge is 0.481 e. The van der Waals surface area contributed by atoms with Crippen molar-refractivity contribution in [3.63, 3.8) is 0 Å². The van der Waals surface area contributed by atoms with Crippen molar-refractivity contribution in [1.82, 2.24) is 0 Å². The van der Waals surface area contributed by atoms with Crippen molar-refractivity contribution >= 4 is 17.9 Å². The Balaban J connectivity index is 2.02. The Morgan fingerprint density at radius 1 is 0.741 bits per heavy atom. The summed E-state index contributed by atoms with van der Waals surface area (Å²) in [5.41, 5.74) is -4.19. The van der Waals surface area contributed by atoms with Crippen molar-refractivity contribution < 1.29 is 29.0 Å². The standard InChI is InChI=1S/C21H32O6/c1-17(2,3)26-15(24)20-8-13-7-19(10-20,14(22)23)11-21(9-13,12-20)16(25)27-18(4,5)6/h13H,7-12H2,1-6H3,(H,22,23). The fourth-order valence-electron chi connectivity index (χ4n) is 5.90. The van der Waals surface area contributed by atoms with Gasteiger partial charge in [0.15, 0.2) is 0 Å². The molecule has 4 fully saturated rings. The molecular weight excluding hydrogens is 348 g/mol. The summed E-state index contributed by atoms with van der Waals surface area (Å²) in [6.45, 7) is 10.8. The number of carbonyl (C=O) groups excluding carboxylic acids is 2. The lowest BCUT2D eigenvalue weighted by Crippen LogP contribution is -2.64. The molecule has 6 heteroatoms. The highest BCUT2D eigenvalue weighted by Gasteiger charge is 2.71. The van der Waals surface area contributed by atoms with Gasteiger partial charge in [-0.25, -0.2) is 0 Å². The van der Waals surface area contributed by atoms with Gasteiger partial charge in [0.05, 0.1) is 16.2 Å². The molecule has 4 saturated carbocycles. The van der Waals surface area contributed by atoms with Crippen molar-refractivity contribution in [2.24, 2.45) is 22.2 Å². The van der Waals surface area contributed by atoms with Gasteiger partial charge < -0.3 is 14.6 Å². The van der Waals surface area contributed by atoms with Crippen LogP contribution in [0, 0.1) is 22.2 Å². The van der Waals surface area contributed by atoms with Gasteiger partial charge in [0.2, 0.25) is 0 Å². The Bertz CT molecular complexity index is 636. The molecule has 0 spiro atoms. The molecule has 0 aromatic carbocycles. The van der Waals surface area contributed by atoms with E-state index < -0.39 is 33.4 Å². The van der Waals surface area contributed by atoms with E-state index in [1.807, 2.05) is 41.5 Å². The van der Waals surface area contributed by atoms with Gasteiger partial charge in [-0.2, -0.15) is 0 Å². The molecular formula is C21H32O6. The minimum absolute atomic E-state index is 0.0254. The molecule has 152 valence electrons. The molecule has 0 saturated heterocycles. The third-order valence-electron chi connectivity index (χ3n) is 6.19. The summed E-state index contributed by atoms with van der Waals surface area (Å²) in [5.74, 6) is -1.61. The van der Waals surface area contributed by atoms with Crippen LogP contribution < -0.4 is 0 Å². The van der Waals surface area contributed by atoms with Crippen molar-refractivity contribution in [1.29, 1.82) is 0 Å². The lowest BCUT2D eigenvalue weighted by atomic mass is 9.39. The summed E-state index contributed by atoms with van der Waals surface area (Å²) in [6, 6.07) is 0. The zero-order valence-electron chi connectivity index (χ0n) is 17.3. The molecule has 2 atom stereocenters. The second-order valence-corrected chi connectivity index (χ2v) is 11.2. The van der Waals surface area contributed by atoms with Crippen LogP contribution in [0.25, 0.3) is 0 Å². The van der Waals surface area contributed by atoms with Gasteiger partial charge in [-0.05, 0) is 86.0 Å². The fourth-order valence-corrected chi connectivity index (χ4v) is 5.90. The maximum Gasteiger partial charge on any atom is 0.312 e. The summed E-state index contributed by atoms with van der Waals surface area (Å²) in [7, 11) is 0. The van der Waals surface area contributed by atoms with Crippen LogP contribution in [0.1, 0.15) is 80.1 Å². The fraction of sp³-hybridized carbons (Fsp3) is 0.857. The first-order valence-corrected chi connectivity index (χ1v) is 9.81. The van der Waals surface area contributed by atoms with Gasteiger partial charge in [0, 0.05) is 0 Å². The van der Waals surface area contributed by atoms with Crippen LogP contribution in [0.3, 0.4) is 0 Å². The molecule has 6 nitrogen and oxygen atoms in total. The molecule has 0 aromatic rings. The summed E-state index contributed by atoms with van der Waals surface area (Å²) in [4.78, 5) is 38.6. The SMILES string of the molecule is CC(C)(C)OC(=O)C12CC3CC(C(=O)O)(C1)CC(C(=O)OC(C)(C)C)(C3)C2. The zero-order chi connectivity index (χ0) is 20.5. The van der Waals surface area contributed by atoms with E-state index in [-0.39, 0.29) is 30.7 Å². The Morgan fingerprint density at radius 3 is 1.41 bits per heavy atom. The molecule has 0 amide bonds. The van der Waals surface area contributed by atoms with E-state index in [0.717, 1.165) is 0 Å². The van der Waals surface area contributed by atoms with Gasteiger partial charge >= 0.3 is 17.9 Å². The Morgan fingerprint density at radius 2 is 1.07 bits per heavy atom. The monoisotopic (exact) mass is 380 g/mol. The highest BCUT2D eigenvalue weighted by Crippen LogP contribution is 2.70. The van der Waals surface area contributed by atoms with E-state index in [1.54, 1.807) is 0 Å². The van der Waals surface area contributed by atoms with E-state index in [1.165, 1.54) is 0 Å². The summed E-state index contributed by atoms with van der Waals surface area (Å²) in [6.07, 6.45) is 2.56. The molecule has 4 bridgehead atoms. The Labute approximate surface area is 161 Å². The molecule has 0 heterocycles. The van der Waals surface area contributed by atoms with Crippen LogP contribution in [0.15, 0.2) is 0 Å². The lowest BCUT2D eigenvalue weighted by Gasteiger charge is -2.63. The molecule has 4 aliphatic carbocycles. The van der Waals surface area contributed by atoms with E-state index in [0.29, 0.717) is 25.7 Å². The number of rotatable bonds is 3. The Kier molecular flexibility index (Phi) is 4.26. The van der Waals surface area contributed by atoms with Crippen molar-refractivity contribution in [2.45, 2.75) is 91.3 Å². The third kappa shape index (κ3) is 3.47. The van der Waals surface area contributed by atoms with E-state index in [2.05, 4.69) is 0 Å². The van der Waals surface area contributed by atoms with Gasteiger partial charge in [-0.3, -0.25) is 14.4 Å². The molecule has 4 aliphatic rings. The van der Waals surface area contributed by atoms with Crippen molar-refractivity contribution in [3.05, 3.63) is 0 Å². The molecule has 0 aromatic heterocycles. The van der Waals surface area contributed by atoms with Crippen molar-refractivity contribution in [3.8, 4) is 0 Å². The smallest absolute Gasteiger partial charge is 0.312 e.